The zero-order valence-electron chi connectivity index (χ0n) is 13.0. The maximum Gasteiger partial charge on any atom is 0.0674 e. The maximum absolute atomic E-state index is 5.73. The highest BCUT2D eigenvalue weighted by Gasteiger charge is 2.26. The molecule has 0 aromatic heterocycles. The first-order valence-corrected chi connectivity index (χ1v) is 7.84. The van der Waals surface area contributed by atoms with Crippen LogP contribution in [0.25, 0.3) is 0 Å². The molecule has 0 radical (unpaired) electrons. The SMILES string of the molecule is CCCNC(CN1CC(C)OCC1C)c1ccccc1. The molecule has 0 spiro atoms. The van der Waals surface area contributed by atoms with Crippen molar-refractivity contribution in [3.05, 3.63) is 35.9 Å². The van der Waals surface area contributed by atoms with Gasteiger partial charge in [0.1, 0.15) is 0 Å². The van der Waals surface area contributed by atoms with Crippen molar-refractivity contribution >= 4 is 0 Å². The molecule has 1 aromatic rings. The molecule has 1 aliphatic rings. The fourth-order valence-electron chi connectivity index (χ4n) is 2.75. The Morgan fingerprint density at radius 1 is 1.30 bits per heavy atom. The van der Waals surface area contributed by atoms with Gasteiger partial charge in [0.25, 0.3) is 0 Å². The highest BCUT2D eigenvalue weighted by Crippen LogP contribution is 2.19. The first kappa shape index (κ1) is 15.5. The van der Waals surface area contributed by atoms with Crippen molar-refractivity contribution in [2.24, 2.45) is 0 Å². The van der Waals surface area contributed by atoms with Crippen LogP contribution in [0.5, 0.6) is 0 Å². The first-order valence-electron chi connectivity index (χ1n) is 7.84. The van der Waals surface area contributed by atoms with Gasteiger partial charge in [-0.1, -0.05) is 37.3 Å². The first-order chi connectivity index (χ1) is 9.70. The summed E-state index contributed by atoms with van der Waals surface area (Å²) in [4.78, 5) is 2.55. The third kappa shape index (κ3) is 4.30. The maximum atomic E-state index is 5.73. The molecule has 20 heavy (non-hydrogen) atoms. The van der Waals surface area contributed by atoms with Gasteiger partial charge < -0.3 is 10.1 Å². The van der Waals surface area contributed by atoms with E-state index in [4.69, 9.17) is 4.74 Å². The summed E-state index contributed by atoms with van der Waals surface area (Å²) in [6.07, 6.45) is 1.51. The number of nitrogens with zero attached hydrogens (tertiary/aromatic N) is 1. The van der Waals surface area contributed by atoms with Crippen molar-refractivity contribution in [1.82, 2.24) is 10.2 Å². The van der Waals surface area contributed by atoms with Crippen LogP contribution in [0.4, 0.5) is 0 Å². The van der Waals surface area contributed by atoms with Crippen molar-refractivity contribution < 1.29 is 4.74 Å². The molecular formula is C17H28N2O. The highest BCUT2D eigenvalue weighted by atomic mass is 16.5. The molecule has 3 heteroatoms. The van der Waals surface area contributed by atoms with Crippen LogP contribution in [-0.2, 0) is 4.74 Å². The second-order valence-corrected chi connectivity index (χ2v) is 5.86. The fraction of sp³-hybridized carbons (Fsp3) is 0.647. The molecule has 2 rings (SSSR count). The minimum atomic E-state index is 0.341. The predicted molar refractivity (Wildman–Crippen MR) is 83.9 cm³/mol. The van der Waals surface area contributed by atoms with E-state index in [2.05, 4.69) is 61.3 Å². The van der Waals surface area contributed by atoms with Gasteiger partial charge in [-0.3, -0.25) is 4.90 Å². The van der Waals surface area contributed by atoms with Crippen LogP contribution in [0.3, 0.4) is 0 Å². The van der Waals surface area contributed by atoms with Crippen molar-refractivity contribution in [1.29, 1.82) is 0 Å². The number of morpholine rings is 1. The Kier molecular flexibility index (Phi) is 6.02. The van der Waals surface area contributed by atoms with E-state index in [1.54, 1.807) is 0 Å². The minimum Gasteiger partial charge on any atom is -0.376 e. The van der Waals surface area contributed by atoms with Crippen molar-refractivity contribution in [3.8, 4) is 0 Å². The van der Waals surface area contributed by atoms with Gasteiger partial charge in [-0.05, 0) is 32.4 Å². The molecule has 112 valence electrons. The smallest absolute Gasteiger partial charge is 0.0674 e. The standard InChI is InChI=1S/C17H28N2O/c1-4-10-18-17(16-8-6-5-7-9-16)12-19-11-15(3)20-13-14(19)2/h5-9,14-15,17-18H,4,10-13H2,1-3H3. The summed E-state index contributed by atoms with van der Waals surface area (Å²) in [6, 6.07) is 11.7. The van der Waals surface area contributed by atoms with E-state index in [0.717, 1.165) is 26.2 Å². The van der Waals surface area contributed by atoms with E-state index in [-0.39, 0.29) is 0 Å². The van der Waals surface area contributed by atoms with E-state index in [0.29, 0.717) is 18.2 Å². The molecule has 0 aliphatic carbocycles. The van der Waals surface area contributed by atoms with Crippen LogP contribution >= 0.6 is 0 Å². The van der Waals surface area contributed by atoms with Crippen LogP contribution < -0.4 is 5.32 Å². The van der Waals surface area contributed by atoms with Gasteiger partial charge in [0, 0.05) is 25.2 Å². The van der Waals surface area contributed by atoms with Gasteiger partial charge in [-0.2, -0.15) is 0 Å². The molecule has 1 saturated heterocycles. The lowest BCUT2D eigenvalue weighted by Gasteiger charge is -2.39. The van der Waals surface area contributed by atoms with Gasteiger partial charge >= 0.3 is 0 Å². The zero-order chi connectivity index (χ0) is 14.4. The Labute approximate surface area is 123 Å². The average molecular weight is 276 g/mol. The fourth-order valence-corrected chi connectivity index (χ4v) is 2.75. The number of hydrogen-bond donors (Lipinski definition) is 1. The summed E-state index contributed by atoms with van der Waals surface area (Å²) in [7, 11) is 0. The quantitative estimate of drug-likeness (QED) is 0.864. The number of nitrogens with one attached hydrogen (secondary N) is 1. The predicted octanol–water partition coefficient (Wildman–Crippen LogP) is 2.84. The molecule has 1 N–H and O–H groups in total. The van der Waals surface area contributed by atoms with Crippen molar-refractivity contribution in [2.75, 3.05) is 26.2 Å². The normalized spacial score (nSPS) is 25.6. The third-order valence-electron chi connectivity index (χ3n) is 4.00. The average Bonchev–Trinajstić information content (AvgIpc) is 2.48. The summed E-state index contributed by atoms with van der Waals surface area (Å²) >= 11 is 0. The van der Waals surface area contributed by atoms with Crippen LogP contribution in [0.15, 0.2) is 30.3 Å². The summed E-state index contributed by atoms with van der Waals surface area (Å²) in [6.45, 7) is 10.6. The van der Waals surface area contributed by atoms with Crippen LogP contribution in [0.2, 0.25) is 0 Å². The number of ether oxygens (including phenoxy) is 1. The number of benzene rings is 1. The lowest BCUT2D eigenvalue weighted by molar-refractivity contribution is -0.0521. The zero-order valence-corrected chi connectivity index (χ0v) is 13.0. The Balaban J connectivity index is 2.03. The Bertz CT molecular complexity index is 382. The molecule has 1 fully saturated rings. The van der Waals surface area contributed by atoms with E-state index < -0.39 is 0 Å². The van der Waals surface area contributed by atoms with Crippen LogP contribution in [0, 0.1) is 0 Å². The van der Waals surface area contributed by atoms with E-state index in [1.165, 1.54) is 12.0 Å². The molecule has 0 bridgehead atoms. The molecule has 0 saturated carbocycles. The topological polar surface area (TPSA) is 24.5 Å². The highest BCUT2D eigenvalue weighted by molar-refractivity contribution is 5.19. The van der Waals surface area contributed by atoms with Crippen LogP contribution in [0.1, 0.15) is 38.8 Å². The lowest BCUT2D eigenvalue weighted by Crippen LogP contribution is -2.50. The minimum absolute atomic E-state index is 0.341. The number of hydrogen-bond acceptors (Lipinski definition) is 3. The van der Waals surface area contributed by atoms with E-state index >= 15 is 0 Å². The van der Waals surface area contributed by atoms with Crippen molar-refractivity contribution in [2.45, 2.75) is 45.4 Å². The Hall–Kier alpha value is -0.900. The molecule has 3 nitrogen and oxygen atoms in total. The second kappa shape index (κ2) is 7.77. The molecule has 1 heterocycles. The molecule has 1 aromatic carbocycles. The Morgan fingerprint density at radius 3 is 2.75 bits per heavy atom. The second-order valence-electron chi connectivity index (χ2n) is 5.86. The summed E-state index contributed by atoms with van der Waals surface area (Å²) in [5.74, 6) is 0. The van der Waals surface area contributed by atoms with E-state index in [1.807, 2.05) is 0 Å². The molecule has 0 amide bonds. The lowest BCUT2D eigenvalue weighted by atomic mass is 10.0. The molecule has 1 aliphatic heterocycles. The molecule has 3 unspecified atom stereocenters. The Morgan fingerprint density at radius 2 is 2.05 bits per heavy atom. The molecular weight excluding hydrogens is 248 g/mol. The van der Waals surface area contributed by atoms with E-state index in [9.17, 15) is 0 Å². The monoisotopic (exact) mass is 276 g/mol. The number of rotatable bonds is 6. The molecule has 3 atom stereocenters. The van der Waals surface area contributed by atoms with Gasteiger partial charge in [0.05, 0.1) is 12.7 Å². The summed E-state index contributed by atoms with van der Waals surface area (Å²) in [5, 5.41) is 3.69. The van der Waals surface area contributed by atoms with Gasteiger partial charge in [0.2, 0.25) is 0 Å². The van der Waals surface area contributed by atoms with Gasteiger partial charge in [-0.15, -0.1) is 0 Å². The summed E-state index contributed by atoms with van der Waals surface area (Å²) in [5.41, 5.74) is 1.38. The van der Waals surface area contributed by atoms with Gasteiger partial charge in [0.15, 0.2) is 0 Å². The van der Waals surface area contributed by atoms with Crippen LogP contribution in [-0.4, -0.2) is 43.3 Å². The largest absolute Gasteiger partial charge is 0.376 e. The van der Waals surface area contributed by atoms with Gasteiger partial charge in [-0.25, -0.2) is 0 Å². The van der Waals surface area contributed by atoms with Crippen molar-refractivity contribution in [3.63, 3.8) is 0 Å². The summed E-state index contributed by atoms with van der Waals surface area (Å²) < 4.78 is 5.73. The third-order valence-corrected chi connectivity index (χ3v) is 4.00.